The summed E-state index contributed by atoms with van der Waals surface area (Å²) >= 11 is 0. The lowest BCUT2D eigenvalue weighted by atomic mass is 9.94. The van der Waals surface area contributed by atoms with Gasteiger partial charge in [0.1, 0.15) is 5.41 Å². The molecule has 4 nitrogen and oxygen atoms in total. The van der Waals surface area contributed by atoms with E-state index in [-0.39, 0.29) is 5.91 Å². The number of nitrogens with zero attached hydrogens (tertiary/aromatic N) is 1. The number of carbonyl (C=O) groups excluding carboxylic acids is 1. The minimum absolute atomic E-state index is 0.141. The molecule has 0 aromatic rings. The predicted octanol–water partition coefficient (Wildman–Crippen LogP) is 1.50. The van der Waals surface area contributed by atoms with Gasteiger partial charge in [0.05, 0.1) is 0 Å². The van der Waals surface area contributed by atoms with E-state index in [1.165, 1.54) is 6.42 Å². The first-order valence-corrected chi connectivity index (χ1v) is 6.13. The highest BCUT2D eigenvalue weighted by Gasteiger charge is 2.58. The van der Waals surface area contributed by atoms with Crippen LogP contribution in [0.25, 0.3) is 0 Å². The Labute approximate surface area is 95.6 Å². The summed E-state index contributed by atoms with van der Waals surface area (Å²) < 4.78 is 0. The second kappa shape index (κ2) is 4.07. The fourth-order valence-corrected chi connectivity index (χ4v) is 2.53. The molecule has 1 aliphatic heterocycles. The monoisotopic (exact) mass is 225 g/mol. The predicted molar refractivity (Wildman–Crippen MR) is 58.9 cm³/mol. The maximum atomic E-state index is 12.1. The van der Waals surface area contributed by atoms with E-state index in [1.807, 2.05) is 0 Å². The van der Waals surface area contributed by atoms with Gasteiger partial charge in [-0.1, -0.05) is 13.3 Å². The second-order valence-electron chi connectivity index (χ2n) is 5.05. The van der Waals surface area contributed by atoms with E-state index < -0.39 is 11.4 Å². The smallest absolute Gasteiger partial charge is 0.319 e. The van der Waals surface area contributed by atoms with Crippen LogP contribution in [0.4, 0.5) is 0 Å². The second-order valence-corrected chi connectivity index (χ2v) is 5.05. The lowest BCUT2D eigenvalue weighted by Gasteiger charge is -2.33. The molecule has 0 aromatic carbocycles. The van der Waals surface area contributed by atoms with Gasteiger partial charge < -0.3 is 10.0 Å². The molecule has 1 atom stereocenters. The number of carboxylic acids is 1. The molecule has 1 heterocycles. The van der Waals surface area contributed by atoms with Crippen molar-refractivity contribution in [1.29, 1.82) is 0 Å². The van der Waals surface area contributed by atoms with E-state index in [2.05, 4.69) is 6.92 Å². The summed E-state index contributed by atoms with van der Waals surface area (Å²) in [4.78, 5) is 25.0. The van der Waals surface area contributed by atoms with Gasteiger partial charge in [0.15, 0.2) is 0 Å². The maximum absolute atomic E-state index is 12.1. The quantitative estimate of drug-likeness (QED) is 0.740. The van der Waals surface area contributed by atoms with Gasteiger partial charge in [0, 0.05) is 13.1 Å². The van der Waals surface area contributed by atoms with Gasteiger partial charge in [-0.15, -0.1) is 0 Å². The standard InChI is InChI=1S/C12H19NO3/c1-2-9-4-3-7-13(8-9)10(14)12(5-6-12)11(15)16/h9H,2-8H2,1H3,(H,15,16). The fourth-order valence-electron chi connectivity index (χ4n) is 2.53. The average Bonchev–Trinajstić information content (AvgIpc) is 3.09. The van der Waals surface area contributed by atoms with Gasteiger partial charge in [-0.05, 0) is 31.6 Å². The van der Waals surface area contributed by atoms with E-state index in [4.69, 9.17) is 5.11 Å². The van der Waals surface area contributed by atoms with E-state index in [0.717, 1.165) is 25.9 Å². The Morgan fingerprint density at radius 1 is 1.44 bits per heavy atom. The first-order valence-electron chi connectivity index (χ1n) is 6.13. The van der Waals surface area contributed by atoms with Crippen molar-refractivity contribution in [3.63, 3.8) is 0 Å². The van der Waals surface area contributed by atoms with Crippen LogP contribution < -0.4 is 0 Å². The zero-order valence-corrected chi connectivity index (χ0v) is 9.74. The highest BCUT2D eigenvalue weighted by molar-refractivity contribution is 6.04. The summed E-state index contributed by atoms with van der Waals surface area (Å²) in [5, 5.41) is 9.08. The summed E-state index contributed by atoms with van der Waals surface area (Å²) in [5.41, 5.74) is -1.05. The van der Waals surface area contributed by atoms with Crippen molar-refractivity contribution in [1.82, 2.24) is 4.90 Å². The summed E-state index contributed by atoms with van der Waals surface area (Å²) in [6, 6.07) is 0. The molecule has 4 heteroatoms. The molecule has 1 aliphatic carbocycles. The number of carbonyl (C=O) groups is 2. The minimum atomic E-state index is -1.05. The lowest BCUT2D eigenvalue weighted by Crippen LogP contribution is -2.45. The van der Waals surface area contributed by atoms with Gasteiger partial charge in [-0.2, -0.15) is 0 Å². The summed E-state index contributed by atoms with van der Waals surface area (Å²) in [5.74, 6) is -0.517. The summed E-state index contributed by atoms with van der Waals surface area (Å²) in [6.07, 6.45) is 4.30. The van der Waals surface area contributed by atoms with Crippen molar-refractivity contribution < 1.29 is 14.7 Å². The molecule has 2 aliphatic rings. The van der Waals surface area contributed by atoms with E-state index in [0.29, 0.717) is 18.8 Å². The van der Waals surface area contributed by atoms with E-state index in [1.54, 1.807) is 4.90 Å². The van der Waals surface area contributed by atoms with Crippen molar-refractivity contribution in [3.8, 4) is 0 Å². The van der Waals surface area contributed by atoms with Crippen LogP contribution in [0.15, 0.2) is 0 Å². The number of hydrogen-bond donors (Lipinski definition) is 1. The van der Waals surface area contributed by atoms with Crippen LogP contribution in [0.1, 0.15) is 39.0 Å². The SMILES string of the molecule is CCC1CCCN(C(=O)C2(C(=O)O)CC2)C1. The Balaban J connectivity index is 2.02. The number of hydrogen-bond acceptors (Lipinski definition) is 2. The van der Waals surface area contributed by atoms with Crippen LogP contribution in [0, 0.1) is 11.3 Å². The molecular formula is C12H19NO3. The molecule has 90 valence electrons. The van der Waals surface area contributed by atoms with Gasteiger partial charge in [-0.25, -0.2) is 0 Å². The number of carboxylic acid groups (broad SMARTS) is 1. The molecule has 1 saturated heterocycles. The number of amides is 1. The van der Waals surface area contributed by atoms with Gasteiger partial charge in [0.2, 0.25) is 5.91 Å². The molecule has 0 spiro atoms. The highest BCUT2D eigenvalue weighted by Crippen LogP contribution is 2.48. The van der Waals surface area contributed by atoms with Crippen LogP contribution in [0.3, 0.4) is 0 Å². The van der Waals surface area contributed by atoms with Crippen molar-refractivity contribution in [2.24, 2.45) is 11.3 Å². The normalized spacial score (nSPS) is 27.6. The van der Waals surface area contributed by atoms with Gasteiger partial charge in [0.25, 0.3) is 0 Å². The number of aliphatic carboxylic acids is 1. The zero-order valence-electron chi connectivity index (χ0n) is 9.74. The molecule has 2 fully saturated rings. The molecule has 1 N–H and O–H groups in total. The van der Waals surface area contributed by atoms with Crippen LogP contribution >= 0.6 is 0 Å². The number of rotatable bonds is 3. The Bertz CT molecular complexity index is 309. The lowest BCUT2D eigenvalue weighted by molar-refractivity contribution is -0.154. The third-order valence-electron chi connectivity index (χ3n) is 3.95. The zero-order chi connectivity index (χ0) is 11.8. The van der Waals surface area contributed by atoms with Crippen LogP contribution in [0.2, 0.25) is 0 Å². The fraction of sp³-hybridized carbons (Fsp3) is 0.833. The highest BCUT2D eigenvalue weighted by atomic mass is 16.4. The molecule has 1 saturated carbocycles. The Hall–Kier alpha value is -1.06. The number of likely N-dealkylation sites (tertiary alicyclic amines) is 1. The Kier molecular flexibility index (Phi) is 2.91. The maximum Gasteiger partial charge on any atom is 0.319 e. The molecule has 1 amide bonds. The minimum Gasteiger partial charge on any atom is -0.480 e. The molecule has 0 radical (unpaired) electrons. The van der Waals surface area contributed by atoms with Gasteiger partial charge in [-0.3, -0.25) is 9.59 Å². The molecule has 1 unspecified atom stereocenters. The largest absolute Gasteiger partial charge is 0.480 e. The van der Waals surface area contributed by atoms with Crippen molar-refractivity contribution in [2.75, 3.05) is 13.1 Å². The van der Waals surface area contributed by atoms with Crippen molar-refractivity contribution in [2.45, 2.75) is 39.0 Å². The summed E-state index contributed by atoms with van der Waals surface area (Å²) in [7, 11) is 0. The third kappa shape index (κ3) is 1.81. The Morgan fingerprint density at radius 2 is 2.12 bits per heavy atom. The van der Waals surface area contributed by atoms with E-state index in [9.17, 15) is 9.59 Å². The molecule has 2 rings (SSSR count). The van der Waals surface area contributed by atoms with Gasteiger partial charge >= 0.3 is 5.97 Å². The van der Waals surface area contributed by atoms with Crippen LogP contribution in [-0.4, -0.2) is 35.0 Å². The first-order chi connectivity index (χ1) is 7.60. The first kappa shape index (κ1) is 11.4. The number of piperidine rings is 1. The molecular weight excluding hydrogens is 206 g/mol. The third-order valence-corrected chi connectivity index (χ3v) is 3.95. The topological polar surface area (TPSA) is 57.6 Å². The van der Waals surface area contributed by atoms with Crippen LogP contribution in [-0.2, 0) is 9.59 Å². The van der Waals surface area contributed by atoms with Crippen molar-refractivity contribution >= 4 is 11.9 Å². The van der Waals surface area contributed by atoms with Crippen molar-refractivity contribution in [3.05, 3.63) is 0 Å². The summed E-state index contributed by atoms with van der Waals surface area (Å²) in [6.45, 7) is 3.62. The van der Waals surface area contributed by atoms with Crippen LogP contribution in [0.5, 0.6) is 0 Å². The van der Waals surface area contributed by atoms with E-state index >= 15 is 0 Å². The Morgan fingerprint density at radius 3 is 2.62 bits per heavy atom. The molecule has 0 bridgehead atoms. The molecule has 0 aromatic heterocycles. The average molecular weight is 225 g/mol. The molecule has 16 heavy (non-hydrogen) atoms.